The molecule has 104 valence electrons. The summed E-state index contributed by atoms with van der Waals surface area (Å²) in [6.45, 7) is 1.04. The minimum Gasteiger partial charge on any atom is -0.383 e. The van der Waals surface area contributed by atoms with Gasteiger partial charge in [0.05, 0.1) is 12.5 Å². The van der Waals surface area contributed by atoms with Crippen LogP contribution in [-0.4, -0.2) is 26.2 Å². The van der Waals surface area contributed by atoms with Crippen LogP contribution in [0.25, 0.3) is 0 Å². The lowest BCUT2D eigenvalue weighted by Gasteiger charge is -2.17. The van der Waals surface area contributed by atoms with Gasteiger partial charge in [0.1, 0.15) is 0 Å². The minimum atomic E-state index is -0.283. The lowest BCUT2D eigenvalue weighted by molar-refractivity contribution is -0.121. The second kappa shape index (κ2) is 7.46. The molecule has 0 unspecified atom stereocenters. The normalized spacial score (nSPS) is 10.5. The third kappa shape index (κ3) is 3.68. The van der Waals surface area contributed by atoms with E-state index in [9.17, 15) is 4.79 Å². The van der Waals surface area contributed by atoms with E-state index >= 15 is 0 Å². The number of hydrogen-bond donors (Lipinski definition) is 1. The van der Waals surface area contributed by atoms with Gasteiger partial charge in [0.2, 0.25) is 5.91 Å². The zero-order chi connectivity index (χ0) is 14.2. The fourth-order valence-corrected chi connectivity index (χ4v) is 2.16. The number of nitrogens with one attached hydrogen (secondary N) is 1. The molecule has 3 nitrogen and oxygen atoms in total. The number of amides is 1. The van der Waals surface area contributed by atoms with Crippen molar-refractivity contribution in [2.75, 3.05) is 20.3 Å². The first-order chi connectivity index (χ1) is 9.83. The van der Waals surface area contributed by atoms with Gasteiger partial charge in [-0.05, 0) is 11.1 Å². The number of rotatable bonds is 6. The number of ether oxygens (including phenoxy) is 1. The maximum Gasteiger partial charge on any atom is 0.232 e. The summed E-state index contributed by atoms with van der Waals surface area (Å²) in [4.78, 5) is 12.5. The Kier molecular flexibility index (Phi) is 5.33. The smallest absolute Gasteiger partial charge is 0.232 e. The molecule has 20 heavy (non-hydrogen) atoms. The van der Waals surface area contributed by atoms with E-state index < -0.39 is 0 Å². The molecule has 0 aliphatic rings. The molecule has 0 aliphatic carbocycles. The molecule has 0 saturated carbocycles. The van der Waals surface area contributed by atoms with Crippen molar-refractivity contribution in [1.29, 1.82) is 0 Å². The van der Waals surface area contributed by atoms with Crippen molar-refractivity contribution in [2.24, 2.45) is 0 Å². The molecule has 0 aliphatic heterocycles. The van der Waals surface area contributed by atoms with E-state index in [0.717, 1.165) is 11.1 Å². The number of carbonyl (C=O) groups is 1. The summed E-state index contributed by atoms with van der Waals surface area (Å²) in [6.07, 6.45) is 0. The summed E-state index contributed by atoms with van der Waals surface area (Å²) in [7, 11) is 1.62. The van der Waals surface area contributed by atoms with Gasteiger partial charge in [0.15, 0.2) is 0 Å². The predicted molar refractivity (Wildman–Crippen MR) is 79.6 cm³/mol. The van der Waals surface area contributed by atoms with Gasteiger partial charge in [-0.1, -0.05) is 60.7 Å². The zero-order valence-corrected chi connectivity index (χ0v) is 11.6. The minimum absolute atomic E-state index is 0.000509. The van der Waals surface area contributed by atoms with Gasteiger partial charge in [0.25, 0.3) is 0 Å². The summed E-state index contributed by atoms with van der Waals surface area (Å²) in [5.41, 5.74) is 1.99. The van der Waals surface area contributed by atoms with Gasteiger partial charge in [0, 0.05) is 13.7 Å². The monoisotopic (exact) mass is 269 g/mol. The molecular formula is C17H19NO2. The summed E-state index contributed by atoms with van der Waals surface area (Å²) < 4.78 is 4.97. The molecule has 0 heterocycles. The molecule has 2 aromatic rings. The summed E-state index contributed by atoms with van der Waals surface area (Å²) in [6, 6.07) is 19.6. The highest BCUT2D eigenvalue weighted by Gasteiger charge is 2.21. The summed E-state index contributed by atoms with van der Waals surface area (Å²) in [5.74, 6) is -0.284. The molecule has 2 aromatic carbocycles. The molecule has 0 radical (unpaired) electrons. The van der Waals surface area contributed by atoms with Crippen LogP contribution in [0, 0.1) is 0 Å². The number of benzene rings is 2. The molecule has 1 N–H and O–H groups in total. The third-order valence-corrected chi connectivity index (χ3v) is 3.13. The van der Waals surface area contributed by atoms with Crippen LogP contribution in [0.5, 0.6) is 0 Å². The van der Waals surface area contributed by atoms with Crippen molar-refractivity contribution in [2.45, 2.75) is 5.92 Å². The van der Waals surface area contributed by atoms with Gasteiger partial charge >= 0.3 is 0 Å². The quantitative estimate of drug-likeness (QED) is 0.819. The highest BCUT2D eigenvalue weighted by molar-refractivity contribution is 5.87. The van der Waals surface area contributed by atoms with Crippen LogP contribution < -0.4 is 5.32 Å². The van der Waals surface area contributed by atoms with E-state index in [2.05, 4.69) is 5.32 Å². The molecule has 0 bridgehead atoms. The molecule has 0 spiro atoms. The molecule has 0 saturated heterocycles. The maximum atomic E-state index is 12.5. The highest BCUT2D eigenvalue weighted by atomic mass is 16.5. The van der Waals surface area contributed by atoms with Gasteiger partial charge in [-0.2, -0.15) is 0 Å². The first-order valence-corrected chi connectivity index (χ1v) is 6.69. The molecule has 2 rings (SSSR count). The van der Waals surface area contributed by atoms with Crippen LogP contribution in [0.3, 0.4) is 0 Å². The predicted octanol–water partition coefficient (Wildman–Crippen LogP) is 2.58. The standard InChI is InChI=1S/C17H19NO2/c1-20-13-12-18-17(19)16(14-8-4-2-5-9-14)15-10-6-3-7-11-15/h2-11,16H,12-13H2,1H3,(H,18,19). The van der Waals surface area contributed by atoms with Gasteiger partial charge < -0.3 is 10.1 Å². The van der Waals surface area contributed by atoms with E-state index in [4.69, 9.17) is 4.74 Å². The number of hydrogen-bond acceptors (Lipinski definition) is 2. The Morgan fingerprint density at radius 2 is 1.50 bits per heavy atom. The topological polar surface area (TPSA) is 38.3 Å². The fraction of sp³-hybridized carbons (Fsp3) is 0.235. The molecule has 0 atom stereocenters. The zero-order valence-electron chi connectivity index (χ0n) is 11.6. The molecule has 0 fully saturated rings. The van der Waals surface area contributed by atoms with Crippen LogP contribution in [0.1, 0.15) is 17.0 Å². The average Bonchev–Trinajstić information content (AvgIpc) is 2.50. The highest BCUT2D eigenvalue weighted by Crippen LogP contribution is 2.24. The Morgan fingerprint density at radius 1 is 1.00 bits per heavy atom. The molecule has 0 aromatic heterocycles. The van der Waals surface area contributed by atoms with Crippen LogP contribution >= 0.6 is 0 Å². The van der Waals surface area contributed by atoms with Gasteiger partial charge in [-0.25, -0.2) is 0 Å². The van der Waals surface area contributed by atoms with E-state index in [1.54, 1.807) is 7.11 Å². The molecule has 3 heteroatoms. The molecular weight excluding hydrogens is 250 g/mol. The summed E-state index contributed by atoms with van der Waals surface area (Å²) >= 11 is 0. The number of methoxy groups -OCH3 is 1. The Balaban J connectivity index is 2.23. The SMILES string of the molecule is COCCNC(=O)C(c1ccccc1)c1ccccc1. The maximum absolute atomic E-state index is 12.5. The van der Waals surface area contributed by atoms with Crippen molar-refractivity contribution < 1.29 is 9.53 Å². The van der Waals surface area contributed by atoms with Gasteiger partial charge in [-0.3, -0.25) is 4.79 Å². The number of carbonyl (C=O) groups excluding carboxylic acids is 1. The third-order valence-electron chi connectivity index (χ3n) is 3.13. The second-order valence-electron chi connectivity index (χ2n) is 4.54. The van der Waals surface area contributed by atoms with E-state index in [1.807, 2.05) is 60.7 Å². The van der Waals surface area contributed by atoms with Crippen molar-refractivity contribution in [3.63, 3.8) is 0 Å². The van der Waals surface area contributed by atoms with Crippen molar-refractivity contribution in [1.82, 2.24) is 5.32 Å². The Morgan fingerprint density at radius 3 is 1.95 bits per heavy atom. The Bertz CT molecular complexity index is 486. The first kappa shape index (κ1) is 14.3. The lowest BCUT2D eigenvalue weighted by Crippen LogP contribution is -2.32. The largest absolute Gasteiger partial charge is 0.383 e. The molecule has 1 amide bonds. The Labute approximate surface area is 119 Å². The average molecular weight is 269 g/mol. The fourth-order valence-electron chi connectivity index (χ4n) is 2.16. The van der Waals surface area contributed by atoms with Crippen LogP contribution in [0.15, 0.2) is 60.7 Å². The van der Waals surface area contributed by atoms with Gasteiger partial charge in [-0.15, -0.1) is 0 Å². The van der Waals surface area contributed by atoms with Crippen molar-refractivity contribution in [3.05, 3.63) is 71.8 Å². The van der Waals surface area contributed by atoms with Crippen LogP contribution in [0.4, 0.5) is 0 Å². The van der Waals surface area contributed by atoms with Crippen LogP contribution in [0.2, 0.25) is 0 Å². The summed E-state index contributed by atoms with van der Waals surface area (Å²) in [5, 5.41) is 2.92. The lowest BCUT2D eigenvalue weighted by atomic mass is 9.90. The van der Waals surface area contributed by atoms with Crippen molar-refractivity contribution >= 4 is 5.91 Å². The van der Waals surface area contributed by atoms with Crippen LogP contribution in [-0.2, 0) is 9.53 Å². The van der Waals surface area contributed by atoms with E-state index in [1.165, 1.54) is 0 Å². The first-order valence-electron chi connectivity index (χ1n) is 6.69. The van der Waals surface area contributed by atoms with E-state index in [0.29, 0.717) is 13.2 Å². The van der Waals surface area contributed by atoms with E-state index in [-0.39, 0.29) is 11.8 Å². The Hall–Kier alpha value is -2.13. The second-order valence-corrected chi connectivity index (χ2v) is 4.54. The van der Waals surface area contributed by atoms with Crippen molar-refractivity contribution in [3.8, 4) is 0 Å².